The van der Waals surface area contributed by atoms with E-state index in [2.05, 4.69) is 254 Å². The lowest BCUT2D eigenvalue weighted by molar-refractivity contribution is 0.590. The van der Waals surface area contributed by atoms with E-state index < -0.39 is 0 Å². The Morgan fingerprint density at radius 1 is 0.449 bits per heavy atom. The van der Waals surface area contributed by atoms with Gasteiger partial charge in [0.05, 0.1) is 11.2 Å². The van der Waals surface area contributed by atoms with Crippen LogP contribution in [0.1, 0.15) is 90.1 Å². The molecule has 340 valence electrons. The molecule has 69 heavy (non-hydrogen) atoms. The zero-order valence-corrected chi connectivity index (χ0v) is 41.9. The van der Waals surface area contributed by atoms with Crippen molar-refractivity contribution in [3.63, 3.8) is 0 Å². The van der Waals surface area contributed by atoms with Gasteiger partial charge in [-0.25, -0.2) is 0 Å². The summed E-state index contributed by atoms with van der Waals surface area (Å²) in [5.74, 6) is 0. The van der Waals surface area contributed by atoms with E-state index in [1.165, 1.54) is 83.3 Å². The second-order valence-corrected chi connectivity index (χ2v) is 22.9. The van der Waals surface area contributed by atoms with E-state index in [-0.39, 0.29) is 23.0 Å². The molecule has 0 radical (unpaired) electrons. The van der Waals surface area contributed by atoms with Crippen LogP contribution in [0.25, 0.3) is 49.8 Å². The molecule has 0 N–H and O–H groups in total. The Bertz CT molecular complexity index is 3630. The number of anilines is 6. The van der Waals surface area contributed by atoms with Crippen molar-refractivity contribution >= 4 is 90.2 Å². The van der Waals surface area contributed by atoms with Crippen LogP contribution in [0, 0.1) is 13.8 Å². The van der Waals surface area contributed by atoms with Gasteiger partial charge in [0.2, 0.25) is 0 Å². The Hall–Kier alpha value is -7.24. The second kappa shape index (κ2) is 15.1. The minimum Gasteiger partial charge on any atom is -0.454 e. The molecule has 4 heterocycles. The van der Waals surface area contributed by atoms with Gasteiger partial charge in [-0.2, -0.15) is 0 Å². The zero-order chi connectivity index (χ0) is 47.9. The van der Waals surface area contributed by atoms with Crippen LogP contribution in [0.15, 0.2) is 168 Å². The molecule has 5 heteroatoms. The molecule has 0 spiro atoms. The van der Waals surface area contributed by atoms with Crippen LogP contribution >= 0.6 is 0 Å². The van der Waals surface area contributed by atoms with Crippen molar-refractivity contribution in [2.75, 3.05) is 9.80 Å². The van der Waals surface area contributed by atoms with Gasteiger partial charge in [-0.15, -0.1) is 0 Å². The number of hydrogen-bond acceptors (Lipinski definition) is 3. The predicted octanol–water partition coefficient (Wildman–Crippen LogP) is 15.8. The highest BCUT2D eigenvalue weighted by atomic mass is 16.3. The first-order valence-corrected chi connectivity index (χ1v) is 24.7. The maximum Gasteiger partial charge on any atom is 0.252 e. The van der Waals surface area contributed by atoms with Gasteiger partial charge < -0.3 is 18.8 Å². The first kappa shape index (κ1) is 43.1. The third-order valence-electron chi connectivity index (χ3n) is 14.9. The van der Waals surface area contributed by atoms with Crippen molar-refractivity contribution in [1.82, 2.24) is 4.57 Å². The molecular weight excluding hydrogens is 838 g/mol. The third-order valence-corrected chi connectivity index (χ3v) is 14.9. The number of nitrogens with zero attached hydrogens (tertiary/aromatic N) is 3. The molecule has 2 aliphatic rings. The average molecular weight is 898 g/mol. The van der Waals surface area contributed by atoms with E-state index in [4.69, 9.17) is 4.42 Å². The number of furan rings is 1. The summed E-state index contributed by atoms with van der Waals surface area (Å²) in [5, 5.41) is 2.31. The fourth-order valence-corrected chi connectivity index (χ4v) is 11.3. The molecule has 0 unspecified atom stereocenters. The molecule has 0 atom stereocenters. The molecule has 0 saturated heterocycles. The standard InChI is InChI=1S/C64H60BN3O/c1-39-21-32-53(49(33-39)41-17-13-12-14-18-41)67-54-38-47(66(45-26-22-42(23-27-45)62(3,4)5)46-28-24-43(25-29-46)63(6,7)8)30-31-51(54)65-52-37-44(64(9,10)11)36-50-59(52)68(56-35-40(2)34-55(67)58(56)65)60-48-19-15-16-20-57(48)69-61(50)60/h12-38H,1-11H3. The fraction of sp³-hybridized carbons (Fsp3) is 0.219. The summed E-state index contributed by atoms with van der Waals surface area (Å²) in [7, 11) is 0. The Kier molecular flexibility index (Phi) is 9.45. The molecule has 0 amide bonds. The Labute approximate surface area is 407 Å². The van der Waals surface area contributed by atoms with Crippen LogP contribution in [-0.4, -0.2) is 11.3 Å². The van der Waals surface area contributed by atoms with E-state index in [9.17, 15) is 0 Å². The average Bonchev–Trinajstić information content (AvgIpc) is 3.85. The molecule has 2 aliphatic heterocycles. The normalized spacial score (nSPS) is 13.4. The first-order valence-electron chi connectivity index (χ1n) is 24.7. The Balaban J connectivity index is 1.19. The number of para-hydroxylation sites is 1. The number of rotatable bonds is 5. The van der Waals surface area contributed by atoms with Crippen molar-refractivity contribution in [3.05, 3.63) is 192 Å². The molecule has 12 rings (SSSR count). The third kappa shape index (κ3) is 6.79. The highest BCUT2D eigenvalue weighted by Crippen LogP contribution is 2.49. The van der Waals surface area contributed by atoms with Crippen molar-refractivity contribution in [3.8, 4) is 16.8 Å². The highest BCUT2D eigenvalue weighted by molar-refractivity contribution is 7.00. The molecule has 4 nitrogen and oxygen atoms in total. The van der Waals surface area contributed by atoms with Gasteiger partial charge in [-0.3, -0.25) is 0 Å². The SMILES string of the molecule is Cc1ccc(N2c3cc(N(c4ccc(C(C)(C)C)cc4)c4ccc(C(C)(C)C)cc4)ccc3B3c4c2cc(C)cc4-n2c4c3cc(C(C)(C)C)cc4c3oc4ccccc4c32)c(-c2ccccc2)c1. The van der Waals surface area contributed by atoms with Crippen LogP contribution in [0.4, 0.5) is 34.1 Å². The summed E-state index contributed by atoms with van der Waals surface area (Å²) in [4.78, 5) is 5.04. The number of aromatic nitrogens is 1. The van der Waals surface area contributed by atoms with Crippen LogP contribution in [0.2, 0.25) is 0 Å². The number of hydrogen-bond donors (Lipinski definition) is 0. The molecule has 2 aromatic heterocycles. The summed E-state index contributed by atoms with van der Waals surface area (Å²) in [6, 6.07) is 62.0. The van der Waals surface area contributed by atoms with Gasteiger partial charge in [0, 0.05) is 50.5 Å². The first-order chi connectivity index (χ1) is 32.9. The molecule has 8 aromatic carbocycles. The minimum absolute atomic E-state index is 0.0319. The maximum absolute atomic E-state index is 6.94. The molecular formula is C64H60BN3O. The van der Waals surface area contributed by atoms with Gasteiger partial charge in [-0.1, -0.05) is 153 Å². The summed E-state index contributed by atoms with van der Waals surface area (Å²) in [6.45, 7) is 25.1. The summed E-state index contributed by atoms with van der Waals surface area (Å²) < 4.78 is 9.49. The topological polar surface area (TPSA) is 24.6 Å². The molecule has 10 aromatic rings. The van der Waals surface area contributed by atoms with Gasteiger partial charge in [0.1, 0.15) is 11.1 Å². The van der Waals surface area contributed by atoms with Gasteiger partial charge in [0.15, 0.2) is 5.58 Å². The van der Waals surface area contributed by atoms with Crippen LogP contribution in [0.3, 0.4) is 0 Å². The summed E-state index contributed by atoms with van der Waals surface area (Å²) in [6.07, 6.45) is 0. The van der Waals surface area contributed by atoms with E-state index in [0.29, 0.717) is 0 Å². The van der Waals surface area contributed by atoms with E-state index >= 15 is 0 Å². The molecule has 0 bridgehead atoms. The van der Waals surface area contributed by atoms with Crippen molar-refractivity contribution in [2.24, 2.45) is 0 Å². The molecule has 0 fully saturated rings. The smallest absolute Gasteiger partial charge is 0.252 e. The van der Waals surface area contributed by atoms with Gasteiger partial charge >= 0.3 is 0 Å². The fourth-order valence-electron chi connectivity index (χ4n) is 11.3. The minimum atomic E-state index is -0.104. The quantitative estimate of drug-likeness (QED) is 0.161. The monoisotopic (exact) mass is 897 g/mol. The van der Waals surface area contributed by atoms with Gasteiger partial charge in [0.25, 0.3) is 6.71 Å². The Morgan fingerprint density at radius 3 is 1.71 bits per heavy atom. The number of benzene rings is 8. The second-order valence-electron chi connectivity index (χ2n) is 22.9. The highest BCUT2D eigenvalue weighted by Gasteiger charge is 2.44. The van der Waals surface area contributed by atoms with Crippen molar-refractivity contribution in [1.29, 1.82) is 0 Å². The summed E-state index contributed by atoms with van der Waals surface area (Å²) >= 11 is 0. The van der Waals surface area contributed by atoms with Crippen LogP contribution in [-0.2, 0) is 16.2 Å². The number of fused-ring (bicyclic) bond motifs is 9. The van der Waals surface area contributed by atoms with Crippen LogP contribution < -0.4 is 26.2 Å². The maximum atomic E-state index is 6.94. The van der Waals surface area contributed by atoms with Crippen LogP contribution in [0.5, 0.6) is 0 Å². The van der Waals surface area contributed by atoms with Crippen molar-refractivity contribution in [2.45, 2.75) is 92.4 Å². The lowest BCUT2D eigenvalue weighted by Crippen LogP contribution is -2.60. The largest absolute Gasteiger partial charge is 0.454 e. The summed E-state index contributed by atoms with van der Waals surface area (Å²) in [5.41, 5.74) is 25.0. The lowest BCUT2D eigenvalue weighted by Gasteiger charge is -2.42. The lowest BCUT2D eigenvalue weighted by atomic mass is 9.33. The van der Waals surface area contributed by atoms with E-state index in [1.807, 2.05) is 0 Å². The Morgan fingerprint density at radius 2 is 1.06 bits per heavy atom. The van der Waals surface area contributed by atoms with Crippen molar-refractivity contribution < 1.29 is 4.42 Å². The van der Waals surface area contributed by atoms with E-state index in [1.54, 1.807) is 0 Å². The number of aryl methyl sites for hydroxylation is 2. The zero-order valence-electron chi connectivity index (χ0n) is 41.9. The molecule has 0 aliphatic carbocycles. The van der Waals surface area contributed by atoms with Gasteiger partial charge in [-0.05, 0) is 153 Å². The molecule has 0 saturated carbocycles. The van der Waals surface area contributed by atoms with E-state index in [0.717, 1.165) is 44.8 Å². The predicted molar refractivity (Wildman–Crippen MR) is 296 cm³/mol.